The lowest BCUT2D eigenvalue weighted by Gasteiger charge is -2.37. The number of anilines is 1. The Morgan fingerprint density at radius 1 is 1.47 bits per heavy atom. The van der Waals surface area contributed by atoms with E-state index in [0.717, 1.165) is 18.7 Å². The van der Waals surface area contributed by atoms with Crippen LogP contribution in [-0.2, 0) is 0 Å². The second-order valence-corrected chi connectivity index (χ2v) is 4.57. The van der Waals surface area contributed by atoms with E-state index in [9.17, 15) is 0 Å². The van der Waals surface area contributed by atoms with Crippen molar-refractivity contribution in [1.82, 2.24) is 9.97 Å². The van der Waals surface area contributed by atoms with Gasteiger partial charge in [0.1, 0.15) is 16.5 Å². The van der Waals surface area contributed by atoms with Crippen LogP contribution in [0.25, 0.3) is 0 Å². The Kier molecular flexibility index (Phi) is 3.86. The molecule has 2 rings (SSSR count). The van der Waals surface area contributed by atoms with Gasteiger partial charge in [0.2, 0.25) is 0 Å². The molecule has 0 aromatic carbocycles. The van der Waals surface area contributed by atoms with Gasteiger partial charge in [0.15, 0.2) is 0 Å². The molecule has 0 bridgehead atoms. The Labute approximate surface area is 106 Å². The lowest BCUT2D eigenvalue weighted by molar-refractivity contribution is 0.283. The summed E-state index contributed by atoms with van der Waals surface area (Å²) in [6, 6.07) is 0.479. The van der Waals surface area contributed by atoms with Crippen molar-refractivity contribution >= 4 is 23.0 Å². The molecule has 1 aromatic rings. The van der Waals surface area contributed by atoms with Crippen LogP contribution >= 0.6 is 12.2 Å². The third-order valence-corrected chi connectivity index (χ3v) is 3.25. The molecule has 3 N–H and O–H groups in total. The van der Waals surface area contributed by atoms with Crippen molar-refractivity contribution in [1.29, 1.82) is 0 Å². The van der Waals surface area contributed by atoms with Crippen molar-refractivity contribution in [3.05, 3.63) is 18.1 Å². The first-order valence-corrected chi connectivity index (χ1v) is 6.12. The highest BCUT2D eigenvalue weighted by Gasteiger charge is 2.25. The lowest BCUT2D eigenvalue weighted by atomic mass is 9.91. The number of rotatable bonds is 5. The first kappa shape index (κ1) is 12.2. The summed E-state index contributed by atoms with van der Waals surface area (Å²) in [6.07, 6.45) is 6.80. The number of nitrogens with two attached hydrogens (primary N) is 1. The Morgan fingerprint density at radius 3 is 2.65 bits per heavy atom. The van der Waals surface area contributed by atoms with Gasteiger partial charge in [0.05, 0.1) is 19.0 Å². The molecular formula is C11H16N4OS. The molecule has 0 unspecified atom stereocenters. The molecule has 6 heteroatoms. The minimum Gasteiger partial charge on any atom is -0.395 e. The Bertz CT molecular complexity index is 391. The molecule has 1 aromatic heterocycles. The zero-order valence-corrected chi connectivity index (χ0v) is 10.4. The van der Waals surface area contributed by atoms with E-state index in [1.165, 1.54) is 6.42 Å². The average molecular weight is 252 g/mol. The molecule has 1 fully saturated rings. The van der Waals surface area contributed by atoms with E-state index in [-0.39, 0.29) is 11.6 Å². The van der Waals surface area contributed by atoms with Gasteiger partial charge in [-0.25, -0.2) is 9.97 Å². The van der Waals surface area contributed by atoms with E-state index in [4.69, 9.17) is 23.1 Å². The Balaban J connectivity index is 2.14. The SMILES string of the molecule is NC(=S)c1cnc(N(CCO)C2CCC2)cn1. The molecule has 0 amide bonds. The lowest BCUT2D eigenvalue weighted by Crippen LogP contribution is -2.42. The third kappa shape index (κ3) is 2.70. The smallest absolute Gasteiger partial charge is 0.147 e. The van der Waals surface area contributed by atoms with E-state index < -0.39 is 0 Å². The predicted molar refractivity (Wildman–Crippen MR) is 70.0 cm³/mol. The number of hydrogen-bond acceptors (Lipinski definition) is 5. The molecule has 0 radical (unpaired) electrons. The van der Waals surface area contributed by atoms with Gasteiger partial charge in [-0.15, -0.1) is 0 Å². The van der Waals surface area contributed by atoms with Gasteiger partial charge >= 0.3 is 0 Å². The highest BCUT2D eigenvalue weighted by atomic mass is 32.1. The largest absolute Gasteiger partial charge is 0.395 e. The standard InChI is InChI=1S/C11H16N4OS/c12-11(17)9-6-14-10(7-13-9)15(4-5-16)8-2-1-3-8/h6-8,16H,1-5H2,(H2,12,17). The van der Waals surface area contributed by atoms with Crippen LogP contribution in [0, 0.1) is 0 Å². The van der Waals surface area contributed by atoms with Crippen molar-refractivity contribution in [3.63, 3.8) is 0 Å². The predicted octanol–water partition coefficient (Wildman–Crippen LogP) is 0.462. The molecule has 5 nitrogen and oxygen atoms in total. The Morgan fingerprint density at radius 2 is 2.24 bits per heavy atom. The van der Waals surface area contributed by atoms with E-state index in [1.807, 2.05) is 0 Å². The van der Waals surface area contributed by atoms with E-state index >= 15 is 0 Å². The van der Waals surface area contributed by atoms with E-state index in [2.05, 4.69) is 14.9 Å². The summed E-state index contributed by atoms with van der Waals surface area (Å²) in [5, 5.41) is 9.08. The molecule has 0 spiro atoms. The molecule has 1 aliphatic rings. The van der Waals surface area contributed by atoms with Crippen molar-refractivity contribution in [2.45, 2.75) is 25.3 Å². The van der Waals surface area contributed by atoms with Gasteiger partial charge in [0, 0.05) is 12.6 Å². The maximum Gasteiger partial charge on any atom is 0.147 e. The quantitative estimate of drug-likeness (QED) is 0.742. The van der Waals surface area contributed by atoms with Crippen molar-refractivity contribution in [3.8, 4) is 0 Å². The van der Waals surface area contributed by atoms with Crippen LogP contribution < -0.4 is 10.6 Å². The van der Waals surface area contributed by atoms with Gasteiger partial charge in [-0.2, -0.15) is 0 Å². The van der Waals surface area contributed by atoms with Crippen LogP contribution in [0.15, 0.2) is 12.4 Å². The summed E-state index contributed by atoms with van der Waals surface area (Å²) >= 11 is 4.83. The number of aromatic nitrogens is 2. The summed E-state index contributed by atoms with van der Waals surface area (Å²) in [5.41, 5.74) is 6.00. The van der Waals surface area contributed by atoms with Crippen LogP contribution in [0.1, 0.15) is 25.0 Å². The number of nitrogens with zero attached hydrogens (tertiary/aromatic N) is 3. The molecule has 0 atom stereocenters. The highest BCUT2D eigenvalue weighted by Crippen LogP contribution is 2.27. The molecule has 17 heavy (non-hydrogen) atoms. The van der Waals surface area contributed by atoms with Crippen molar-refractivity contribution in [2.75, 3.05) is 18.1 Å². The van der Waals surface area contributed by atoms with Crippen molar-refractivity contribution < 1.29 is 5.11 Å². The summed E-state index contributed by atoms with van der Waals surface area (Å²) in [5.74, 6) is 0.781. The summed E-state index contributed by atoms with van der Waals surface area (Å²) in [6.45, 7) is 0.709. The third-order valence-electron chi connectivity index (χ3n) is 3.04. The zero-order valence-electron chi connectivity index (χ0n) is 9.54. The summed E-state index contributed by atoms with van der Waals surface area (Å²) in [4.78, 5) is 10.8. The molecule has 1 aliphatic carbocycles. The normalized spacial score (nSPS) is 15.4. The maximum absolute atomic E-state index is 9.08. The number of aliphatic hydroxyl groups excluding tert-OH is 1. The molecule has 92 valence electrons. The minimum atomic E-state index is 0.120. The average Bonchev–Trinajstić information content (AvgIpc) is 2.26. The first-order valence-electron chi connectivity index (χ1n) is 5.71. The van der Waals surface area contributed by atoms with Crippen LogP contribution in [0.4, 0.5) is 5.82 Å². The maximum atomic E-state index is 9.08. The molecule has 1 saturated carbocycles. The Hall–Kier alpha value is -1.27. The fraction of sp³-hybridized carbons (Fsp3) is 0.545. The fourth-order valence-corrected chi connectivity index (χ4v) is 1.99. The summed E-state index contributed by atoms with van der Waals surface area (Å²) < 4.78 is 0. The van der Waals surface area contributed by atoms with Gasteiger partial charge < -0.3 is 15.7 Å². The van der Waals surface area contributed by atoms with Crippen LogP contribution in [0.5, 0.6) is 0 Å². The van der Waals surface area contributed by atoms with E-state index in [1.54, 1.807) is 12.4 Å². The minimum absolute atomic E-state index is 0.120. The van der Waals surface area contributed by atoms with Crippen LogP contribution in [-0.4, -0.2) is 39.3 Å². The number of thiocarbonyl (C=S) groups is 1. The van der Waals surface area contributed by atoms with Gasteiger partial charge in [-0.05, 0) is 19.3 Å². The van der Waals surface area contributed by atoms with Crippen LogP contribution in [0.3, 0.4) is 0 Å². The zero-order chi connectivity index (χ0) is 12.3. The van der Waals surface area contributed by atoms with Gasteiger partial charge in [-0.1, -0.05) is 12.2 Å². The first-order chi connectivity index (χ1) is 8.22. The second kappa shape index (κ2) is 5.37. The second-order valence-electron chi connectivity index (χ2n) is 4.13. The van der Waals surface area contributed by atoms with Gasteiger partial charge in [0.25, 0.3) is 0 Å². The molecule has 0 aliphatic heterocycles. The highest BCUT2D eigenvalue weighted by molar-refractivity contribution is 7.80. The van der Waals surface area contributed by atoms with E-state index in [0.29, 0.717) is 18.3 Å². The topological polar surface area (TPSA) is 75.3 Å². The molecule has 0 saturated heterocycles. The van der Waals surface area contributed by atoms with Crippen LogP contribution in [0.2, 0.25) is 0 Å². The fourth-order valence-electron chi connectivity index (χ4n) is 1.89. The summed E-state index contributed by atoms with van der Waals surface area (Å²) in [7, 11) is 0. The molecule has 1 heterocycles. The number of hydrogen-bond donors (Lipinski definition) is 2. The molecular weight excluding hydrogens is 236 g/mol. The van der Waals surface area contributed by atoms with Crippen molar-refractivity contribution in [2.24, 2.45) is 5.73 Å². The monoisotopic (exact) mass is 252 g/mol. The number of aliphatic hydroxyl groups is 1. The van der Waals surface area contributed by atoms with Gasteiger partial charge in [-0.3, -0.25) is 0 Å².